The van der Waals surface area contributed by atoms with Crippen LogP contribution in [0.15, 0.2) is 12.4 Å². The highest BCUT2D eigenvalue weighted by atomic mass is 35.5. The highest BCUT2D eigenvalue weighted by molar-refractivity contribution is 6.28. The molecular formula is C10H12ClN3O. The maximum atomic E-state index is 11.7. The molecule has 80 valence electrons. The van der Waals surface area contributed by atoms with Gasteiger partial charge in [0.1, 0.15) is 0 Å². The van der Waals surface area contributed by atoms with E-state index < -0.39 is 0 Å². The van der Waals surface area contributed by atoms with Gasteiger partial charge in [-0.05, 0) is 24.2 Å². The van der Waals surface area contributed by atoms with Crippen LogP contribution >= 0.6 is 11.6 Å². The van der Waals surface area contributed by atoms with Crippen LogP contribution in [0.4, 0.5) is 0 Å². The van der Waals surface area contributed by atoms with E-state index in [0.29, 0.717) is 12.0 Å². The Bertz CT molecular complexity index is 350. The van der Waals surface area contributed by atoms with Gasteiger partial charge >= 0.3 is 0 Å². The lowest BCUT2D eigenvalue weighted by Gasteiger charge is -2.06. The third-order valence-electron chi connectivity index (χ3n) is 2.15. The molecule has 1 rings (SSSR count). The Labute approximate surface area is 93.2 Å². The SMILES string of the molecule is CC[C@H](C=N)CC(=O)c1cnc(Cl)nc1. The van der Waals surface area contributed by atoms with Crippen LogP contribution in [0, 0.1) is 11.3 Å². The fraction of sp³-hybridized carbons (Fsp3) is 0.400. The number of ketones is 1. The van der Waals surface area contributed by atoms with Crippen molar-refractivity contribution in [1.29, 1.82) is 5.41 Å². The smallest absolute Gasteiger partial charge is 0.222 e. The number of halogens is 1. The molecule has 0 bridgehead atoms. The number of hydrogen-bond acceptors (Lipinski definition) is 4. The summed E-state index contributed by atoms with van der Waals surface area (Å²) in [5.74, 6) is -0.0600. The summed E-state index contributed by atoms with van der Waals surface area (Å²) in [7, 11) is 0. The first kappa shape index (κ1) is 11.8. The van der Waals surface area contributed by atoms with Gasteiger partial charge in [-0.25, -0.2) is 9.97 Å². The van der Waals surface area contributed by atoms with E-state index in [1.807, 2.05) is 6.92 Å². The Morgan fingerprint density at radius 1 is 1.60 bits per heavy atom. The minimum Gasteiger partial charge on any atom is -0.313 e. The van der Waals surface area contributed by atoms with Crippen molar-refractivity contribution in [3.8, 4) is 0 Å². The quantitative estimate of drug-likeness (QED) is 0.475. The van der Waals surface area contributed by atoms with Crippen LogP contribution in [0.2, 0.25) is 5.28 Å². The molecule has 15 heavy (non-hydrogen) atoms. The molecule has 1 atom stereocenters. The van der Waals surface area contributed by atoms with E-state index in [0.717, 1.165) is 6.42 Å². The van der Waals surface area contributed by atoms with E-state index in [1.165, 1.54) is 18.6 Å². The van der Waals surface area contributed by atoms with Gasteiger partial charge in [0.15, 0.2) is 5.78 Å². The summed E-state index contributed by atoms with van der Waals surface area (Å²) in [5.41, 5.74) is 0.444. The van der Waals surface area contributed by atoms with Gasteiger partial charge in [-0.1, -0.05) is 6.92 Å². The summed E-state index contributed by atoms with van der Waals surface area (Å²) in [6.07, 6.45) is 5.23. The minimum absolute atomic E-state index is 0.00632. The first-order valence-corrected chi connectivity index (χ1v) is 5.06. The molecule has 0 fully saturated rings. The Morgan fingerprint density at radius 2 is 2.20 bits per heavy atom. The van der Waals surface area contributed by atoms with Crippen LogP contribution in [0.1, 0.15) is 30.1 Å². The first-order chi connectivity index (χ1) is 7.17. The van der Waals surface area contributed by atoms with Crippen LogP contribution < -0.4 is 0 Å². The number of hydrogen-bond donors (Lipinski definition) is 1. The second-order valence-electron chi connectivity index (χ2n) is 3.20. The molecule has 1 aromatic heterocycles. The molecule has 0 aliphatic heterocycles. The molecule has 1 N–H and O–H groups in total. The predicted molar refractivity (Wildman–Crippen MR) is 58.6 cm³/mol. The summed E-state index contributed by atoms with van der Waals surface area (Å²) in [5, 5.41) is 7.25. The summed E-state index contributed by atoms with van der Waals surface area (Å²) in [6, 6.07) is 0. The third kappa shape index (κ3) is 3.40. The van der Waals surface area contributed by atoms with Gasteiger partial charge in [0.2, 0.25) is 5.28 Å². The molecule has 0 amide bonds. The maximum Gasteiger partial charge on any atom is 0.222 e. The van der Waals surface area contributed by atoms with E-state index in [9.17, 15) is 4.79 Å². The number of carbonyl (C=O) groups is 1. The summed E-state index contributed by atoms with van der Waals surface area (Å²) in [4.78, 5) is 19.1. The lowest BCUT2D eigenvalue weighted by atomic mass is 9.98. The number of aromatic nitrogens is 2. The molecule has 0 spiro atoms. The fourth-order valence-electron chi connectivity index (χ4n) is 1.13. The summed E-state index contributed by atoms with van der Waals surface area (Å²) in [6.45, 7) is 1.95. The molecule has 4 nitrogen and oxygen atoms in total. The zero-order valence-electron chi connectivity index (χ0n) is 8.40. The summed E-state index contributed by atoms with van der Waals surface area (Å²) >= 11 is 5.51. The van der Waals surface area contributed by atoms with Crippen LogP contribution in [-0.2, 0) is 0 Å². The van der Waals surface area contributed by atoms with Gasteiger partial charge in [0.25, 0.3) is 0 Å². The van der Waals surface area contributed by atoms with E-state index in [1.54, 1.807) is 0 Å². The number of carbonyl (C=O) groups excluding carboxylic acids is 1. The van der Waals surface area contributed by atoms with Crippen molar-refractivity contribution >= 4 is 23.6 Å². The number of rotatable bonds is 5. The monoisotopic (exact) mass is 225 g/mol. The molecule has 0 saturated carbocycles. The average molecular weight is 226 g/mol. The van der Waals surface area contributed by atoms with Crippen LogP contribution in [0.25, 0.3) is 0 Å². The lowest BCUT2D eigenvalue weighted by molar-refractivity contribution is 0.0971. The molecular weight excluding hydrogens is 214 g/mol. The first-order valence-electron chi connectivity index (χ1n) is 4.68. The molecule has 1 heterocycles. The molecule has 0 aliphatic carbocycles. The predicted octanol–water partition coefficient (Wildman–Crippen LogP) is 2.38. The van der Waals surface area contributed by atoms with Crippen LogP contribution in [0.3, 0.4) is 0 Å². The Morgan fingerprint density at radius 3 is 2.67 bits per heavy atom. The second kappa shape index (κ2) is 5.56. The normalized spacial score (nSPS) is 12.1. The maximum absolute atomic E-state index is 11.7. The second-order valence-corrected chi connectivity index (χ2v) is 3.54. The molecule has 0 radical (unpaired) electrons. The van der Waals surface area contributed by atoms with Crippen molar-refractivity contribution < 1.29 is 4.79 Å². The van der Waals surface area contributed by atoms with Gasteiger partial charge in [-0.2, -0.15) is 0 Å². The number of Topliss-reactive ketones (excluding diaryl/α,β-unsaturated/α-hetero) is 1. The minimum atomic E-state index is -0.0537. The van der Waals surface area contributed by atoms with Gasteiger partial charge in [0.05, 0.1) is 5.56 Å². The van der Waals surface area contributed by atoms with E-state index in [4.69, 9.17) is 17.0 Å². The fourth-order valence-corrected chi connectivity index (χ4v) is 1.23. The van der Waals surface area contributed by atoms with Crippen molar-refractivity contribution in [2.24, 2.45) is 5.92 Å². The van der Waals surface area contributed by atoms with Gasteiger partial charge in [-0.15, -0.1) is 0 Å². The molecule has 0 aromatic carbocycles. The van der Waals surface area contributed by atoms with Gasteiger partial charge < -0.3 is 5.41 Å². The molecule has 5 heteroatoms. The number of nitrogens with zero attached hydrogens (tertiary/aromatic N) is 2. The highest BCUT2D eigenvalue weighted by Gasteiger charge is 2.12. The third-order valence-corrected chi connectivity index (χ3v) is 2.35. The van der Waals surface area contributed by atoms with Crippen molar-refractivity contribution in [3.05, 3.63) is 23.2 Å². The Balaban J connectivity index is 2.68. The summed E-state index contributed by atoms with van der Waals surface area (Å²) < 4.78 is 0. The van der Waals surface area contributed by atoms with Crippen LogP contribution in [-0.4, -0.2) is 22.0 Å². The Kier molecular flexibility index (Phi) is 4.37. The Hall–Kier alpha value is -1.29. The number of nitrogens with one attached hydrogen (secondary N) is 1. The van der Waals surface area contributed by atoms with Crippen molar-refractivity contribution in [1.82, 2.24) is 9.97 Å². The zero-order chi connectivity index (χ0) is 11.3. The standard InChI is InChI=1S/C10H12ClN3O/c1-2-7(4-12)3-9(15)8-5-13-10(11)14-6-8/h4-7,12H,2-3H2,1H3/t7-/m0/s1. The van der Waals surface area contributed by atoms with Crippen molar-refractivity contribution in [2.75, 3.05) is 0 Å². The van der Waals surface area contributed by atoms with Crippen molar-refractivity contribution in [3.63, 3.8) is 0 Å². The molecule has 0 saturated heterocycles. The van der Waals surface area contributed by atoms with Crippen LogP contribution in [0.5, 0.6) is 0 Å². The molecule has 1 aromatic rings. The van der Waals surface area contributed by atoms with Gasteiger partial charge in [-0.3, -0.25) is 4.79 Å². The van der Waals surface area contributed by atoms with E-state index >= 15 is 0 Å². The largest absolute Gasteiger partial charge is 0.313 e. The zero-order valence-corrected chi connectivity index (χ0v) is 9.16. The topological polar surface area (TPSA) is 66.7 Å². The molecule has 0 aliphatic rings. The van der Waals surface area contributed by atoms with E-state index in [2.05, 4.69) is 9.97 Å². The molecule has 0 unspecified atom stereocenters. The highest BCUT2D eigenvalue weighted by Crippen LogP contribution is 2.11. The average Bonchev–Trinajstić information content (AvgIpc) is 2.26. The van der Waals surface area contributed by atoms with Gasteiger partial charge in [0, 0.05) is 24.7 Å². The van der Waals surface area contributed by atoms with E-state index in [-0.39, 0.29) is 17.0 Å². The lowest BCUT2D eigenvalue weighted by Crippen LogP contribution is -2.09. The van der Waals surface area contributed by atoms with Crippen molar-refractivity contribution in [2.45, 2.75) is 19.8 Å².